The quantitative estimate of drug-likeness (QED) is 0.407. The molecular formula is C25H36N2O3. The Balaban J connectivity index is 1.88. The Kier molecular flexibility index (Phi) is 10.2. The van der Waals surface area contributed by atoms with Gasteiger partial charge in [0.1, 0.15) is 6.61 Å². The summed E-state index contributed by atoms with van der Waals surface area (Å²) in [4.78, 5) is 14.4. The number of rotatable bonds is 12. The van der Waals surface area contributed by atoms with Crippen LogP contribution in [0, 0.1) is 5.92 Å². The second-order valence-corrected chi connectivity index (χ2v) is 7.89. The molecule has 1 N–H and O–H groups in total. The van der Waals surface area contributed by atoms with Crippen molar-refractivity contribution in [2.75, 3.05) is 33.4 Å². The zero-order chi connectivity index (χ0) is 21.8. The Morgan fingerprint density at radius 2 is 1.87 bits per heavy atom. The van der Waals surface area contributed by atoms with Crippen LogP contribution in [0.5, 0.6) is 11.5 Å². The molecule has 0 heterocycles. The van der Waals surface area contributed by atoms with Crippen LogP contribution in [-0.4, -0.2) is 50.2 Å². The van der Waals surface area contributed by atoms with Crippen LogP contribution in [0.25, 0.3) is 6.08 Å². The molecular weight excluding hydrogens is 376 g/mol. The maximum atomic E-state index is 12.2. The standard InChI is InChI=1S/C25H36N2O3/c1-5-15-27(16-6-2)17-18-30-23-13-9-21(19-24(23)29-4)10-14-25(28)26-22-11-7-20(3)8-12-22/h5-6,9-10,13-14,19-20,22H,1-2,7-8,11-12,15-18H2,3-4H3,(H,26,28)/t20-,22-. The van der Waals surface area contributed by atoms with Gasteiger partial charge in [0, 0.05) is 31.8 Å². The van der Waals surface area contributed by atoms with Gasteiger partial charge in [-0.1, -0.05) is 25.1 Å². The minimum atomic E-state index is -0.0432. The Morgan fingerprint density at radius 3 is 2.50 bits per heavy atom. The summed E-state index contributed by atoms with van der Waals surface area (Å²) in [5, 5.41) is 3.11. The van der Waals surface area contributed by atoms with E-state index in [1.807, 2.05) is 36.4 Å². The molecule has 164 valence electrons. The number of carbonyl (C=O) groups is 1. The third-order valence-corrected chi connectivity index (χ3v) is 5.42. The van der Waals surface area contributed by atoms with Crippen LogP contribution in [0.3, 0.4) is 0 Å². The average molecular weight is 413 g/mol. The molecule has 0 saturated heterocycles. The summed E-state index contributed by atoms with van der Waals surface area (Å²) in [6.45, 7) is 12.7. The van der Waals surface area contributed by atoms with E-state index in [1.165, 1.54) is 12.8 Å². The minimum Gasteiger partial charge on any atom is -0.493 e. The van der Waals surface area contributed by atoms with Crippen LogP contribution in [0.4, 0.5) is 0 Å². The average Bonchev–Trinajstić information content (AvgIpc) is 2.74. The lowest BCUT2D eigenvalue weighted by molar-refractivity contribution is -0.117. The van der Waals surface area contributed by atoms with E-state index in [0.717, 1.165) is 44.0 Å². The zero-order valence-electron chi connectivity index (χ0n) is 18.4. The van der Waals surface area contributed by atoms with Crippen molar-refractivity contribution < 1.29 is 14.3 Å². The Bertz CT molecular complexity index is 711. The van der Waals surface area contributed by atoms with E-state index in [0.29, 0.717) is 24.1 Å². The molecule has 1 saturated carbocycles. The van der Waals surface area contributed by atoms with Gasteiger partial charge in [0.05, 0.1) is 7.11 Å². The highest BCUT2D eigenvalue weighted by Gasteiger charge is 2.18. The maximum Gasteiger partial charge on any atom is 0.244 e. The topological polar surface area (TPSA) is 50.8 Å². The molecule has 0 spiro atoms. The molecule has 1 aliphatic carbocycles. The number of hydrogen-bond acceptors (Lipinski definition) is 4. The number of amides is 1. The van der Waals surface area contributed by atoms with Crippen molar-refractivity contribution in [3.63, 3.8) is 0 Å². The van der Waals surface area contributed by atoms with Crippen molar-refractivity contribution in [3.8, 4) is 11.5 Å². The van der Waals surface area contributed by atoms with Crippen molar-refractivity contribution in [2.24, 2.45) is 5.92 Å². The predicted octanol–water partition coefficient (Wildman–Crippen LogP) is 4.46. The monoisotopic (exact) mass is 412 g/mol. The number of ether oxygens (including phenoxy) is 2. The maximum absolute atomic E-state index is 12.2. The summed E-state index contributed by atoms with van der Waals surface area (Å²) in [5.74, 6) is 2.07. The van der Waals surface area contributed by atoms with Gasteiger partial charge in [-0.25, -0.2) is 0 Å². The largest absolute Gasteiger partial charge is 0.493 e. The number of nitrogens with zero attached hydrogens (tertiary/aromatic N) is 1. The summed E-state index contributed by atoms with van der Waals surface area (Å²) in [6, 6.07) is 5.98. The van der Waals surface area contributed by atoms with E-state index in [9.17, 15) is 4.79 Å². The Morgan fingerprint density at radius 1 is 1.17 bits per heavy atom. The second kappa shape index (κ2) is 12.9. The van der Waals surface area contributed by atoms with Gasteiger partial charge < -0.3 is 14.8 Å². The molecule has 1 aromatic carbocycles. The number of carbonyl (C=O) groups excluding carboxylic acids is 1. The van der Waals surface area contributed by atoms with Gasteiger partial charge in [-0.2, -0.15) is 0 Å². The van der Waals surface area contributed by atoms with E-state index in [2.05, 4.69) is 30.3 Å². The molecule has 2 rings (SSSR count). The van der Waals surface area contributed by atoms with E-state index < -0.39 is 0 Å². The molecule has 0 atom stereocenters. The summed E-state index contributed by atoms with van der Waals surface area (Å²) in [7, 11) is 1.62. The first kappa shape index (κ1) is 23.7. The summed E-state index contributed by atoms with van der Waals surface area (Å²) in [6.07, 6.45) is 11.7. The summed E-state index contributed by atoms with van der Waals surface area (Å²) >= 11 is 0. The van der Waals surface area contributed by atoms with Gasteiger partial charge in [-0.3, -0.25) is 9.69 Å². The highest BCUT2D eigenvalue weighted by Crippen LogP contribution is 2.28. The van der Waals surface area contributed by atoms with Gasteiger partial charge >= 0.3 is 0 Å². The predicted molar refractivity (Wildman–Crippen MR) is 124 cm³/mol. The van der Waals surface area contributed by atoms with Crippen LogP contribution in [-0.2, 0) is 4.79 Å². The molecule has 30 heavy (non-hydrogen) atoms. The number of hydrogen-bond donors (Lipinski definition) is 1. The molecule has 0 aromatic heterocycles. The Labute approximate surface area is 181 Å². The lowest BCUT2D eigenvalue weighted by atomic mass is 9.87. The van der Waals surface area contributed by atoms with Crippen molar-refractivity contribution in [2.45, 2.75) is 38.6 Å². The molecule has 0 aliphatic heterocycles. The number of nitrogens with one attached hydrogen (secondary N) is 1. The van der Waals surface area contributed by atoms with Crippen LogP contribution < -0.4 is 14.8 Å². The molecule has 1 aromatic rings. The van der Waals surface area contributed by atoms with Crippen LogP contribution in [0.2, 0.25) is 0 Å². The zero-order valence-corrected chi connectivity index (χ0v) is 18.4. The van der Waals surface area contributed by atoms with Crippen LogP contribution in [0.1, 0.15) is 38.2 Å². The fourth-order valence-electron chi connectivity index (χ4n) is 3.64. The molecule has 1 amide bonds. The normalized spacial score (nSPS) is 18.9. The first-order valence-electron chi connectivity index (χ1n) is 10.8. The first-order valence-corrected chi connectivity index (χ1v) is 10.8. The lowest BCUT2D eigenvalue weighted by Gasteiger charge is -2.26. The van der Waals surface area contributed by atoms with Crippen molar-refractivity contribution in [1.29, 1.82) is 0 Å². The van der Waals surface area contributed by atoms with Crippen molar-refractivity contribution in [3.05, 3.63) is 55.1 Å². The van der Waals surface area contributed by atoms with Crippen LogP contribution in [0.15, 0.2) is 49.6 Å². The summed E-state index contributed by atoms with van der Waals surface area (Å²) < 4.78 is 11.4. The van der Waals surface area contributed by atoms with Crippen LogP contribution >= 0.6 is 0 Å². The molecule has 1 aliphatic rings. The summed E-state index contributed by atoms with van der Waals surface area (Å²) in [5.41, 5.74) is 0.895. The molecule has 0 unspecified atom stereocenters. The van der Waals surface area contributed by atoms with E-state index in [4.69, 9.17) is 9.47 Å². The number of benzene rings is 1. The fourth-order valence-corrected chi connectivity index (χ4v) is 3.64. The lowest BCUT2D eigenvalue weighted by Crippen LogP contribution is -2.36. The highest BCUT2D eigenvalue weighted by atomic mass is 16.5. The highest BCUT2D eigenvalue weighted by molar-refractivity contribution is 5.92. The molecule has 5 heteroatoms. The van der Waals surface area contributed by atoms with Gasteiger partial charge in [0.2, 0.25) is 5.91 Å². The van der Waals surface area contributed by atoms with Crippen molar-refractivity contribution >= 4 is 12.0 Å². The SMILES string of the molecule is C=CCN(CC=C)CCOc1ccc(C=CC(=O)N[C@H]2CC[C@H](C)CC2)cc1OC. The Hall–Kier alpha value is -2.53. The molecule has 1 fully saturated rings. The van der Waals surface area contributed by atoms with E-state index in [-0.39, 0.29) is 5.91 Å². The third kappa shape index (κ3) is 8.07. The smallest absolute Gasteiger partial charge is 0.244 e. The fraction of sp³-hybridized carbons (Fsp3) is 0.480. The molecule has 0 radical (unpaired) electrons. The van der Waals surface area contributed by atoms with Gasteiger partial charge in [0.25, 0.3) is 0 Å². The molecule has 5 nitrogen and oxygen atoms in total. The van der Waals surface area contributed by atoms with E-state index >= 15 is 0 Å². The second-order valence-electron chi connectivity index (χ2n) is 7.89. The van der Waals surface area contributed by atoms with Gasteiger partial charge in [0.15, 0.2) is 11.5 Å². The van der Waals surface area contributed by atoms with Crippen molar-refractivity contribution in [1.82, 2.24) is 10.2 Å². The minimum absolute atomic E-state index is 0.0432. The first-order chi connectivity index (χ1) is 14.5. The molecule has 0 bridgehead atoms. The van der Waals surface area contributed by atoms with E-state index in [1.54, 1.807) is 13.2 Å². The third-order valence-electron chi connectivity index (χ3n) is 5.42. The van der Waals surface area contributed by atoms with Gasteiger partial charge in [-0.05, 0) is 55.4 Å². The van der Waals surface area contributed by atoms with Gasteiger partial charge in [-0.15, -0.1) is 13.2 Å². The number of methoxy groups -OCH3 is 1.